The number of furan rings is 1. The molecule has 10 rings (SSSR count). The average molecular weight is 880 g/mol. The van der Waals surface area contributed by atoms with Gasteiger partial charge in [0.05, 0.1) is 17.1 Å². The molecule has 0 saturated heterocycles. The lowest BCUT2D eigenvalue weighted by atomic mass is 9.77. The summed E-state index contributed by atoms with van der Waals surface area (Å²) in [7, 11) is 0. The summed E-state index contributed by atoms with van der Waals surface area (Å²) in [6.45, 7) is 11.0. The lowest BCUT2D eigenvalue weighted by Crippen LogP contribution is -2.23. The predicted molar refractivity (Wildman–Crippen MR) is 279 cm³/mol. The molecule has 4 nitrogen and oxygen atoms in total. The van der Waals surface area contributed by atoms with Gasteiger partial charge in [0, 0.05) is 57.0 Å². The molecule has 4 heterocycles. The Bertz CT molecular complexity index is 3590. The molecule has 0 aliphatic carbocycles. The summed E-state index contributed by atoms with van der Waals surface area (Å²) >= 11 is 0. The van der Waals surface area contributed by atoms with Gasteiger partial charge in [-0.05, 0) is 131 Å². The second-order valence-electron chi connectivity index (χ2n) is 18.4. The highest BCUT2D eigenvalue weighted by Gasteiger charge is 2.26. The largest absolute Gasteiger partial charge is 0.456 e. The van der Waals surface area contributed by atoms with Crippen molar-refractivity contribution in [1.29, 1.82) is 0 Å². The molecule has 0 saturated carbocycles. The van der Waals surface area contributed by atoms with E-state index in [-0.39, 0.29) is 22.3 Å². The van der Waals surface area contributed by atoms with E-state index in [2.05, 4.69) is 0 Å². The Kier molecular flexibility index (Phi) is 9.41. The summed E-state index contributed by atoms with van der Waals surface area (Å²) in [5.41, 5.74) is 7.32. The highest BCUT2D eigenvalue weighted by atomic mass is 16.3. The summed E-state index contributed by atoms with van der Waals surface area (Å²) in [6, 6.07) is 52.2. The molecule has 67 heavy (non-hydrogen) atoms. The van der Waals surface area contributed by atoms with Crippen LogP contribution in [0.25, 0.3) is 66.8 Å². The molecule has 0 N–H and O–H groups in total. The molecule has 4 heteroatoms. The quantitative estimate of drug-likeness (QED) is 0.116. The molecule has 0 fully saturated rings. The second kappa shape index (κ2) is 18.1. The van der Waals surface area contributed by atoms with Crippen molar-refractivity contribution in [1.82, 2.24) is 15.0 Å². The molecule has 0 aliphatic heterocycles. The number of para-hydroxylation sites is 1. The van der Waals surface area contributed by atoms with Crippen molar-refractivity contribution in [2.45, 2.75) is 77.9 Å². The van der Waals surface area contributed by atoms with Crippen molar-refractivity contribution < 1.29 is 15.4 Å². The first-order valence-corrected chi connectivity index (χ1v) is 22.7. The van der Waals surface area contributed by atoms with Crippen LogP contribution in [-0.2, 0) is 36.3 Å². The Balaban J connectivity index is 1.12. The van der Waals surface area contributed by atoms with E-state index in [1.54, 1.807) is 46.2 Å². The van der Waals surface area contributed by atoms with Crippen molar-refractivity contribution in [2.24, 2.45) is 0 Å². The minimum absolute atomic E-state index is 0.0233. The maximum Gasteiger partial charge on any atom is 0.135 e. The Morgan fingerprint density at radius 3 is 1.52 bits per heavy atom. The first kappa shape index (κ1) is 34.9. The fraction of sp³-hybridized carbons (Fsp3) is 0.190. The van der Waals surface area contributed by atoms with Gasteiger partial charge >= 0.3 is 0 Å². The average Bonchev–Trinajstić information content (AvgIpc) is 3.79. The van der Waals surface area contributed by atoms with Crippen LogP contribution in [0, 0.1) is 13.8 Å². The highest BCUT2D eigenvalue weighted by molar-refractivity contribution is 6.06. The summed E-state index contributed by atoms with van der Waals surface area (Å²) in [5.74, 6) is 0. The number of aryl methyl sites for hydroxylation is 4. The molecule has 0 amide bonds. The van der Waals surface area contributed by atoms with Crippen LogP contribution in [0.2, 0.25) is 0 Å². The lowest BCUT2D eigenvalue weighted by Gasteiger charge is -2.28. The second-order valence-corrected chi connectivity index (χ2v) is 18.4. The number of nitrogens with zero attached hydrogens (tertiary/aromatic N) is 3. The molecule has 330 valence electrons. The number of pyridine rings is 3. The summed E-state index contributed by atoms with van der Waals surface area (Å²) in [5, 5.41) is 1.68. The van der Waals surface area contributed by atoms with E-state index in [4.69, 9.17) is 19.4 Å². The lowest BCUT2D eigenvalue weighted by molar-refractivity contribution is 0.512. The van der Waals surface area contributed by atoms with Crippen LogP contribution in [0.15, 0.2) is 193 Å². The van der Waals surface area contributed by atoms with Crippen molar-refractivity contribution >= 4 is 21.9 Å². The monoisotopic (exact) mass is 880 g/mol. The van der Waals surface area contributed by atoms with Gasteiger partial charge in [0.2, 0.25) is 0 Å². The Labute approximate surface area is 406 Å². The standard InChI is InChI=1S/C63H57N3O/c1-42-16-21-48(22-17-42)57-29-27-52(40-65-57)62(3,4)37-45-32-44(33-46(34-45)38-63(5,6)53-28-30-58(66-41-53)49-23-18-43(2)19-24-49)20-25-51-39-64-59(47-12-8-7-9-13-47)36-55(51)50-26-31-61-56(35-50)54-14-10-11-15-60(54)67-61/h7-19,21-24,26-36,39-41H,20,25,37-38H2,1-6H3/i20D2,25D2,37D2,38D2. The zero-order valence-corrected chi connectivity index (χ0v) is 38.6. The van der Waals surface area contributed by atoms with Crippen molar-refractivity contribution in [3.8, 4) is 44.9 Å². The van der Waals surface area contributed by atoms with Gasteiger partial charge in [0.1, 0.15) is 11.2 Å². The summed E-state index contributed by atoms with van der Waals surface area (Å²) in [6.07, 6.45) is -5.70. The zero-order valence-electron chi connectivity index (χ0n) is 46.6. The molecule has 4 aromatic heterocycles. The third-order valence-electron chi connectivity index (χ3n) is 12.5. The normalized spacial score (nSPS) is 14.6. The van der Waals surface area contributed by atoms with E-state index in [0.717, 1.165) is 50.0 Å². The fourth-order valence-corrected chi connectivity index (χ4v) is 8.62. The molecule has 0 radical (unpaired) electrons. The molecule has 6 aromatic carbocycles. The van der Waals surface area contributed by atoms with Crippen LogP contribution in [0.4, 0.5) is 0 Å². The van der Waals surface area contributed by atoms with E-state index in [0.29, 0.717) is 39.1 Å². The van der Waals surface area contributed by atoms with Gasteiger partial charge in [-0.2, -0.15) is 0 Å². The maximum absolute atomic E-state index is 10.1. The van der Waals surface area contributed by atoms with Crippen LogP contribution < -0.4 is 0 Å². The van der Waals surface area contributed by atoms with Crippen LogP contribution in [0.5, 0.6) is 0 Å². The third kappa shape index (κ3) is 9.49. The van der Waals surface area contributed by atoms with Gasteiger partial charge in [-0.25, -0.2) is 0 Å². The molecule has 0 aliphatic rings. The van der Waals surface area contributed by atoms with Crippen molar-refractivity contribution in [3.05, 3.63) is 233 Å². The summed E-state index contributed by atoms with van der Waals surface area (Å²) < 4.78 is 86.5. The Morgan fingerprint density at radius 2 is 0.940 bits per heavy atom. The molecule has 0 unspecified atom stereocenters. The highest BCUT2D eigenvalue weighted by Crippen LogP contribution is 2.37. The number of rotatable bonds is 13. The van der Waals surface area contributed by atoms with Gasteiger partial charge < -0.3 is 4.42 Å². The van der Waals surface area contributed by atoms with E-state index in [1.807, 2.05) is 159 Å². The third-order valence-corrected chi connectivity index (χ3v) is 12.5. The molecule has 0 bridgehead atoms. The first-order valence-electron chi connectivity index (χ1n) is 26.7. The van der Waals surface area contributed by atoms with E-state index in [9.17, 15) is 11.0 Å². The number of benzene rings is 6. The SMILES string of the molecule is [2H]C([2H])(c1cc(C([2H])([2H])C(C)(C)c2ccc(-c3ccc(C)cc3)nc2)cc(C([2H])([2H])C(C)(C)c2ccc(-c3ccc(C)cc3)nc2)c1)C([2H])([2H])c1cnc(-c2ccccc2)cc1-c1ccc2oc3ccccc3c2c1. The minimum atomic E-state index is -2.93. The number of aromatic nitrogens is 3. The van der Waals surface area contributed by atoms with E-state index in [1.165, 1.54) is 24.4 Å². The molecular formula is C63H57N3O. The molecule has 10 aromatic rings. The topological polar surface area (TPSA) is 51.8 Å². The van der Waals surface area contributed by atoms with Gasteiger partial charge in [-0.15, -0.1) is 0 Å². The van der Waals surface area contributed by atoms with Crippen molar-refractivity contribution in [3.63, 3.8) is 0 Å². The summed E-state index contributed by atoms with van der Waals surface area (Å²) in [4.78, 5) is 14.3. The van der Waals surface area contributed by atoms with E-state index >= 15 is 0 Å². The molecular weight excluding hydrogens is 815 g/mol. The van der Waals surface area contributed by atoms with Crippen LogP contribution in [0.3, 0.4) is 0 Å². The van der Waals surface area contributed by atoms with E-state index < -0.39 is 36.3 Å². The smallest absolute Gasteiger partial charge is 0.135 e. The van der Waals surface area contributed by atoms with Crippen molar-refractivity contribution in [2.75, 3.05) is 0 Å². The zero-order chi connectivity index (χ0) is 53.3. The maximum atomic E-state index is 10.1. The Hall–Kier alpha value is -7.43. The number of hydrogen-bond acceptors (Lipinski definition) is 4. The van der Waals surface area contributed by atoms with Crippen LogP contribution in [0.1, 0.15) is 83.2 Å². The number of fused-ring (bicyclic) bond motifs is 3. The van der Waals surface area contributed by atoms with Gasteiger partial charge in [0.25, 0.3) is 0 Å². The van der Waals surface area contributed by atoms with Gasteiger partial charge in [0.15, 0.2) is 0 Å². The fourth-order valence-electron chi connectivity index (χ4n) is 8.62. The molecule has 0 atom stereocenters. The number of hydrogen-bond donors (Lipinski definition) is 0. The van der Waals surface area contributed by atoms with Gasteiger partial charge in [-0.3, -0.25) is 15.0 Å². The Morgan fingerprint density at radius 1 is 0.433 bits per heavy atom. The minimum Gasteiger partial charge on any atom is -0.456 e. The van der Waals surface area contributed by atoms with Gasteiger partial charge in [-0.1, -0.05) is 172 Å². The predicted octanol–water partition coefficient (Wildman–Crippen LogP) is 15.9. The first-order chi connectivity index (χ1) is 35.5. The molecule has 0 spiro atoms. The van der Waals surface area contributed by atoms with Crippen LogP contribution >= 0.6 is 0 Å². The van der Waals surface area contributed by atoms with Crippen LogP contribution in [-0.4, -0.2) is 15.0 Å².